The van der Waals surface area contributed by atoms with E-state index in [1.165, 1.54) is 0 Å². The number of nitrogens with zero attached hydrogens (tertiary/aromatic N) is 4. The monoisotopic (exact) mass is 508 g/mol. The van der Waals surface area contributed by atoms with Gasteiger partial charge in [0.1, 0.15) is 0 Å². The van der Waals surface area contributed by atoms with Gasteiger partial charge < -0.3 is 14.5 Å². The number of carbonyl (C=O) groups excluding carboxylic acids is 2. The predicted octanol–water partition coefficient (Wildman–Crippen LogP) is 1.26. The second-order valence-electron chi connectivity index (χ2n) is 9.34. The highest BCUT2D eigenvalue weighted by Gasteiger charge is 2.54. The van der Waals surface area contributed by atoms with Gasteiger partial charge in [0.25, 0.3) is 0 Å². The Kier molecular flexibility index (Phi) is 8.33. The molecule has 0 saturated carbocycles. The molecule has 1 aromatic rings. The molecule has 3 aliphatic rings. The van der Waals surface area contributed by atoms with Crippen LogP contribution in [0.4, 0.5) is 18.9 Å². The van der Waals surface area contributed by atoms with Crippen molar-refractivity contribution < 1.29 is 27.5 Å². The van der Waals surface area contributed by atoms with Gasteiger partial charge in [0.05, 0.1) is 31.3 Å². The van der Waals surface area contributed by atoms with Gasteiger partial charge in [-0.15, -0.1) is 0 Å². The van der Waals surface area contributed by atoms with Crippen LogP contribution in [0, 0.1) is 17.2 Å². The fraction of sp³-hybridized carbons (Fsp3) is 0.625. The minimum atomic E-state index is -4.62. The van der Waals surface area contributed by atoms with Crippen LogP contribution in [0.15, 0.2) is 24.3 Å². The summed E-state index contributed by atoms with van der Waals surface area (Å²) in [5, 5.41) is 8.93. The Morgan fingerprint density at radius 2 is 1.86 bits per heavy atom. The summed E-state index contributed by atoms with van der Waals surface area (Å²) in [6.07, 6.45) is -2.99. The van der Waals surface area contributed by atoms with Gasteiger partial charge in [0, 0.05) is 50.5 Å². The summed E-state index contributed by atoms with van der Waals surface area (Å²) in [7, 11) is 0. The van der Waals surface area contributed by atoms with E-state index < -0.39 is 24.0 Å². The Balaban J connectivity index is 1.20. The van der Waals surface area contributed by atoms with E-state index in [0.717, 1.165) is 12.1 Å². The molecule has 2 N–H and O–H groups in total. The average Bonchev–Trinajstić information content (AvgIpc) is 3.34. The molecular weight excluding hydrogens is 477 g/mol. The van der Waals surface area contributed by atoms with Crippen molar-refractivity contribution in [3.63, 3.8) is 0 Å². The van der Waals surface area contributed by atoms with Gasteiger partial charge in [-0.05, 0) is 43.7 Å². The van der Waals surface area contributed by atoms with Crippen LogP contribution in [-0.2, 0) is 14.3 Å². The van der Waals surface area contributed by atoms with E-state index in [2.05, 4.69) is 21.8 Å². The number of benzene rings is 1. The van der Waals surface area contributed by atoms with Gasteiger partial charge in [-0.1, -0.05) is 0 Å². The number of ether oxygens (including phenoxy) is 1. The molecule has 2 amide bonds. The number of nitriles is 1. The van der Waals surface area contributed by atoms with Crippen molar-refractivity contribution in [2.75, 3.05) is 57.4 Å². The largest absolute Gasteiger partial charge is 0.402 e. The van der Waals surface area contributed by atoms with Crippen molar-refractivity contribution in [2.45, 2.75) is 37.5 Å². The summed E-state index contributed by atoms with van der Waals surface area (Å²) in [6.45, 7) is 3.48. The number of anilines is 1. The molecule has 3 atom stereocenters. The number of halogens is 3. The molecule has 3 heterocycles. The first-order chi connectivity index (χ1) is 17.3. The molecule has 1 aromatic carbocycles. The molecule has 0 radical (unpaired) electrons. The molecule has 3 aliphatic heterocycles. The van der Waals surface area contributed by atoms with Crippen LogP contribution in [0.1, 0.15) is 24.8 Å². The minimum absolute atomic E-state index is 0.0111. The Hall–Kier alpha value is -2.88. The van der Waals surface area contributed by atoms with Crippen LogP contribution in [-0.4, -0.2) is 92.4 Å². The molecule has 2 unspecified atom stereocenters. The van der Waals surface area contributed by atoms with Crippen LogP contribution < -0.4 is 15.8 Å². The molecule has 0 spiro atoms. The van der Waals surface area contributed by atoms with Crippen LogP contribution >= 0.6 is 0 Å². The zero-order chi connectivity index (χ0) is 25.7. The maximum atomic E-state index is 13.5. The zero-order valence-electron chi connectivity index (χ0n) is 20.0. The number of hydrazine groups is 1. The van der Waals surface area contributed by atoms with Gasteiger partial charge in [0.2, 0.25) is 11.8 Å². The first kappa shape index (κ1) is 26.2. The van der Waals surface area contributed by atoms with E-state index in [1.54, 1.807) is 21.9 Å². The lowest BCUT2D eigenvalue weighted by Gasteiger charge is -2.40. The van der Waals surface area contributed by atoms with Gasteiger partial charge in [-0.2, -0.15) is 18.4 Å². The molecular formula is C24H31F3N6O3. The highest BCUT2D eigenvalue weighted by atomic mass is 19.4. The summed E-state index contributed by atoms with van der Waals surface area (Å²) in [6, 6.07) is 8.26. The maximum absolute atomic E-state index is 13.5. The van der Waals surface area contributed by atoms with E-state index in [4.69, 9.17) is 10.00 Å². The number of rotatable bonds is 7. The number of hydrogen-bond donors (Lipinski definition) is 2. The lowest BCUT2D eigenvalue weighted by Crippen LogP contribution is -2.65. The number of alkyl halides is 3. The maximum Gasteiger partial charge on any atom is 0.402 e. The normalized spacial score (nSPS) is 25.5. The van der Waals surface area contributed by atoms with Crippen molar-refractivity contribution in [1.29, 1.82) is 5.26 Å². The number of hydrogen-bond acceptors (Lipinski definition) is 7. The van der Waals surface area contributed by atoms with E-state index in [1.807, 2.05) is 12.1 Å². The fourth-order valence-electron chi connectivity index (χ4n) is 5.26. The third-order valence-corrected chi connectivity index (χ3v) is 7.16. The van der Waals surface area contributed by atoms with Crippen molar-refractivity contribution in [1.82, 2.24) is 20.7 Å². The topological polar surface area (TPSA) is 101 Å². The average molecular weight is 509 g/mol. The predicted molar refractivity (Wildman–Crippen MR) is 125 cm³/mol. The first-order valence-electron chi connectivity index (χ1n) is 12.2. The smallest absolute Gasteiger partial charge is 0.379 e. The molecule has 0 aliphatic carbocycles. The number of amides is 2. The summed E-state index contributed by atoms with van der Waals surface area (Å²) in [5.41, 5.74) is 6.29. The second-order valence-corrected chi connectivity index (χ2v) is 9.34. The standard InChI is InChI=1S/C24H31F3N6O3/c25-24(26,27)22-20(15-29-30-23(22)35)33-8-1-2-19(33)16-36-13-7-21(34)32-11-9-31(10-12-32)18-5-3-17(14-28)4-6-18/h3-6,19-20,22,29H,1-2,7-13,15-16H2,(H,30,35)/t19-,20?,22?/m0/s1. The Bertz CT molecular complexity index is 959. The number of piperazine rings is 1. The molecule has 196 valence electrons. The number of likely N-dealkylation sites (tertiary alicyclic amines) is 1. The number of carbonyl (C=O) groups is 2. The minimum Gasteiger partial charge on any atom is -0.379 e. The summed E-state index contributed by atoms with van der Waals surface area (Å²) >= 11 is 0. The van der Waals surface area contributed by atoms with Crippen LogP contribution in [0.5, 0.6) is 0 Å². The van der Waals surface area contributed by atoms with E-state index in [0.29, 0.717) is 44.7 Å². The van der Waals surface area contributed by atoms with Crippen molar-refractivity contribution in [3.05, 3.63) is 29.8 Å². The SMILES string of the molecule is N#Cc1ccc(N2CCN(C(=O)CCOC[C@@H]3CCCN3C3CNNC(=O)C3C(F)(F)F)CC2)cc1. The fourth-order valence-corrected chi connectivity index (χ4v) is 5.26. The number of nitrogens with one attached hydrogen (secondary N) is 2. The first-order valence-corrected chi connectivity index (χ1v) is 12.2. The molecule has 36 heavy (non-hydrogen) atoms. The molecule has 0 bridgehead atoms. The van der Waals surface area contributed by atoms with Gasteiger partial charge >= 0.3 is 6.18 Å². The zero-order valence-corrected chi connectivity index (χ0v) is 20.0. The Labute approximate surface area is 208 Å². The quantitative estimate of drug-likeness (QED) is 0.535. The Morgan fingerprint density at radius 3 is 2.53 bits per heavy atom. The third-order valence-electron chi connectivity index (χ3n) is 7.16. The lowest BCUT2D eigenvalue weighted by atomic mass is 9.94. The van der Waals surface area contributed by atoms with E-state index in [9.17, 15) is 22.8 Å². The second kappa shape index (κ2) is 11.5. The molecule has 4 rings (SSSR count). The molecule has 3 saturated heterocycles. The molecule has 12 heteroatoms. The van der Waals surface area contributed by atoms with Crippen molar-refractivity contribution in [3.8, 4) is 6.07 Å². The molecule has 0 aromatic heterocycles. The molecule has 3 fully saturated rings. The van der Waals surface area contributed by atoms with Gasteiger partial charge in [-0.3, -0.25) is 19.9 Å². The van der Waals surface area contributed by atoms with Gasteiger partial charge in [-0.25, -0.2) is 5.43 Å². The Morgan fingerprint density at radius 1 is 1.14 bits per heavy atom. The van der Waals surface area contributed by atoms with Crippen molar-refractivity contribution >= 4 is 17.5 Å². The van der Waals surface area contributed by atoms with Crippen LogP contribution in [0.2, 0.25) is 0 Å². The van der Waals surface area contributed by atoms with Crippen LogP contribution in [0.3, 0.4) is 0 Å². The van der Waals surface area contributed by atoms with Gasteiger partial charge in [0.15, 0.2) is 5.92 Å². The lowest BCUT2D eigenvalue weighted by molar-refractivity contribution is -0.201. The third kappa shape index (κ3) is 6.08. The summed E-state index contributed by atoms with van der Waals surface area (Å²) < 4.78 is 46.4. The molecule has 9 nitrogen and oxygen atoms in total. The highest BCUT2D eigenvalue weighted by Crippen LogP contribution is 2.35. The van der Waals surface area contributed by atoms with E-state index >= 15 is 0 Å². The summed E-state index contributed by atoms with van der Waals surface area (Å²) in [5.74, 6) is -3.15. The summed E-state index contributed by atoms with van der Waals surface area (Å²) in [4.78, 5) is 30.2. The van der Waals surface area contributed by atoms with Crippen LogP contribution in [0.25, 0.3) is 0 Å². The van der Waals surface area contributed by atoms with Crippen molar-refractivity contribution in [2.24, 2.45) is 5.92 Å². The highest BCUT2D eigenvalue weighted by molar-refractivity contribution is 5.80. The van der Waals surface area contributed by atoms with E-state index in [-0.39, 0.29) is 38.1 Å².